The fraction of sp³-hybridized carbons (Fsp3) is 0.769. The van der Waals surface area contributed by atoms with Gasteiger partial charge in [-0.1, -0.05) is 0 Å². The summed E-state index contributed by atoms with van der Waals surface area (Å²) < 4.78 is 2.02. The van der Waals surface area contributed by atoms with E-state index in [1.165, 1.54) is 37.9 Å². The van der Waals surface area contributed by atoms with E-state index in [2.05, 4.69) is 16.1 Å². The first-order valence-corrected chi connectivity index (χ1v) is 6.75. The lowest BCUT2D eigenvalue weighted by Crippen LogP contribution is -2.43. The van der Waals surface area contributed by atoms with Crippen molar-refractivity contribution < 1.29 is 0 Å². The van der Waals surface area contributed by atoms with Crippen LogP contribution >= 0.6 is 0 Å². The predicted octanol–water partition coefficient (Wildman–Crippen LogP) is 1.29. The summed E-state index contributed by atoms with van der Waals surface area (Å²) in [6, 6.07) is 3.46. The SMILES string of the molecule is Cn1nccc1C1C(CN)CCCN1C1CC1. The van der Waals surface area contributed by atoms with Crippen molar-refractivity contribution in [2.75, 3.05) is 13.1 Å². The van der Waals surface area contributed by atoms with Gasteiger partial charge in [-0.15, -0.1) is 0 Å². The van der Waals surface area contributed by atoms with Gasteiger partial charge in [-0.2, -0.15) is 5.10 Å². The van der Waals surface area contributed by atoms with E-state index in [-0.39, 0.29) is 0 Å². The first-order valence-electron chi connectivity index (χ1n) is 6.75. The summed E-state index contributed by atoms with van der Waals surface area (Å²) in [5.41, 5.74) is 7.32. The van der Waals surface area contributed by atoms with Crippen molar-refractivity contribution in [3.8, 4) is 0 Å². The Morgan fingerprint density at radius 1 is 1.41 bits per heavy atom. The standard InChI is InChI=1S/C13H22N4/c1-16-12(6-7-15-16)13-10(9-14)3-2-8-17(13)11-4-5-11/h6-7,10-11,13H,2-5,8-9,14H2,1H3. The third-order valence-electron chi connectivity index (χ3n) is 4.28. The maximum atomic E-state index is 5.98. The Morgan fingerprint density at radius 3 is 2.82 bits per heavy atom. The quantitative estimate of drug-likeness (QED) is 0.857. The molecule has 4 nitrogen and oxygen atoms in total. The summed E-state index contributed by atoms with van der Waals surface area (Å²) in [6.45, 7) is 2.02. The van der Waals surface area contributed by atoms with Gasteiger partial charge in [-0.05, 0) is 50.8 Å². The molecular weight excluding hydrogens is 212 g/mol. The van der Waals surface area contributed by atoms with Gasteiger partial charge in [0.1, 0.15) is 0 Å². The molecule has 1 saturated heterocycles. The molecule has 2 atom stereocenters. The highest BCUT2D eigenvalue weighted by Crippen LogP contribution is 2.42. The van der Waals surface area contributed by atoms with Crippen LogP contribution in [0.5, 0.6) is 0 Å². The van der Waals surface area contributed by atoms with Crippen LogP contribution < -0.4 is 5.73 Å². The number of likely N-dealkylation sites (tertiary alicyclic amines) is 1. The first kappa shape index (κ1) is 11.2. The largest absolute Gasteiger partial charge is 0.330 e. The lowest BCUT2D eigenvalue weighted by atomic mass is 9.87. The van der Waals surface area contributed by atoms with Crippen LogP contribution in [0.1, 0.15) is 37.4 Å². The Morgan fingerprint density at radius 2 is 2.24 bits per heavy atom. The number of aromatic nitrogens is 2. The van der Waals surface area contributed by atoms with Crippen LogP contribution in [0.4, 0.5) is 0 Å². The zero-order valence-electron chi connectivity index (χ0n) is 10.5. The van der Waals surface area contributed by atoms with E-state index in [4.69, 9.17) is 5.73 Å². The molecule has 1 aliphatic heterocycles. The van der Waals surface area contributed by atoms with Gasteiger partial charge in [0.2, 0.25) is 0 Å². The van der Waals surface area contributed by atoms with Crippen LogP contribution in [-0.4, -0.2) is 33.8 Å². The third kappa shape index (κ3) is 2.00. The smallest absolute Gasteiger partial charge is 0.0560 e. The van der Waals surface area contributed by atoms with Gasteiger partial charge in [0.05, 0.1) is 11.7 Å². The molecule has 4 heteroatoms. The molecule has 2 heterocycles. The Kier molecular flexibility index (Phi) is 2.92. The summed E-state index contributed by atoms with van der Waals surface area (Å²) in [4.78, 5) is 2.68. The highest BCUT2D eigenvalue weighted by molar-refractivity contribution is 5.12. The number of hydrogen-bond acceptors (Lipinski definition) is 3. The van der Waals surface area contributed by atoms with Crippen LogP contribution in [-0.2, 0) is 7.05 Å². The van der Waals surface area contributed by atoms with Gasteiger partial charge in [-0.25, -0.2) is 0 Å². The lowest BCUT2D eigenvalue weighted by Gasteiger charge is -2.41. The Bertz CT molecular complexity index is 383. The number of rotatable bonds is 3. The first-order chi connectivity index (χ1) is 8.31. The Balaban J connectivity index is 1.91. The van der Waals surface area contributed by atoms with Crippen molar-refractivity contribution >= 4 is 0 Å². The predicted molar refractivity (Wildman–Crippen MR) is 67.5 cm³/mol. The second-order valence-corrected chi connectivity index (χ2v) is 5.43. The fourth-order valence-corrected chi connectivity index (χ4v) is 3.25. The molecular formula is C13H22N4. The van der Waals surface area contributed by atoms with Crippen LogP contribution in [0.2, 0.25) is 0 Å². The van der Waals surface area contributed by atoms with Gasteiger partial charge < -0.3 is 5.73 Å². The van der Waals surface area contributed by atoms with Crippen molar-refractivity contribution in [2.24, 2.45) is 18.7 Å². The van der Waals surface area contributed by atoms with Gasteiger partial charge in [0.15, 0.2) is 0 Å². The molecule has 0 aromatic carbocycles. The van der Waals surface area contributed by atoms with Gasteiger partial charge in [0, 0.05) is 19.3 Å². The van der Waals surface area contributed by atoms with Gasteiger partial charge in [-0.3, -0.25) is 9.58 Å². The molecule has 1 saturated carbocycles. The molecule has 94 valence electrons. The molecule has 1 aromatic heterocycles. The third-order valence-corrected chi connectivity index (χ3v) is 4.28. The van der Waals surface area contributed by atoms with E-state index < -0.39 is 0 Å². The van der Waals surface area contributed by atoms with Crippen molar-refractivity contribution in [3.63, 3.8) is 0 Å². The summed E-state index contributed by atoms with van der Waals surface area (Å²) in [7, 11) is 2.04. The highest BCUT2D eigenvalue weighted by atomic mass is 15.3. The molecule has 0 bridgehead atoms. The monoisotopic (exact) mass is 234 g/mol. The zero-order chi connectivity index (χ0) is 11.8. The van der Waals surface area contributed by atoms with E-state index >= 15 is 0 Å². The minimum Gasteiger partial charge on any atom is -0.330 e. The number of nitrogens with two attached hydrogens (primary N) is 1. The van der Waals surface area contributed by atoms with Gasteiger partial charge in [0.25, 0.3) is 0 Å². The maximum Gasteiger partial charge on any atom is 0.0560 e. The zero-order valence-corrected chi connectivity index (χ0v) is 10.5. The minimum atomic E-state index is 0.494. The molecule has 0 amide bonds. The molecule has 3 rings (SSSR count). The van der Waals surface area contributed by atoms with Gasteiger partial charge >= 0.3 is 0 Å². The average molecular weight is 234 g/mol. The summed E-state index contributed by atoms with van der Waals surface area (Å²) >= 11 is 0. The second-order valence-electron chi connectivity index (χ2n) is 5.43. The molecule has 1 aliphatic carbocycles. The van der Waals surface area contributed by atoms with E-state index in [0.717, 1.165) is 12.6 Å². The average Bonchev–Trinajstić information content (AvgIpc) is 3.11. The van der Waals surface area contributed by atoms with Crippen molar-refractivity contribution in [1.29, 1.82) is 0 Å². The number of nitrogens with zero attached hydrogens (tertiary/aromatic N) is 3. The Labute approximate surface area is 103 Å². The molecule has 2 unspecified atom stereocenters. The topological polar surface area (TPSA) is 47.1 Å². The minimum absolute atomic E-state index is 0.494. The van der Waals surface area contributed by atoms with E-state index in [9.17, 15) is 0 Å². The van der Waals surface area contributed by atoms with Crippen molar-refractivity contribution in [3.05, 3.63) is 18.0 Å². The molecule has 1 aromatic rings. The molecule has 2 N–H and O–H groups in total. The van der Waals surface area contributed by atoms with E-state index in [1.54, 1.807) is 0 Å². The van der Waals surface area contributed by atoms with Crippen LogP contribution in [0.15, 0.2) is 12.3 Å². The lowest BCUT2D eigenvalue weighted by molar-refractivity contribution is 0.0822. The molecule has 2 aliphatic rings. The van der Waals surface area contributed by atoms with Crippen LogP contribution in [0.3, 0.4) is 0 Å². The molecule has 0 spiro atoms. The van der Waals surface area contributed by atoms with Crippen molar-refractivity contribution in [2.45, 2.75) is 37.8 Å². The Hall–Kier alpha value is -0.870. The molecule has 17 heavy (non-hydrogen) atoms. The maximum absolute atomic E-state index is 5.98. The van der Waals surface area contributed by atoms with E-state index in [1.807, 2.05) is 17.9 Å². The normalized spacial score (nSPS) is 30.7. The number of hydrogen-bond donors (Lipinski definition) is 1. The molecule has 0 radical (unpaired) electrons. The number of aryl methyl sites for hydroxylation is 1. The summed E-state index contributed by atoms with van der Waals surface area (Å²) in [5, 5.41) is 4.32. The summed E-state index contributed by atoms with van der Waals surface area (Å²) in [5.74, 6) is 0.597. The van der Waals surface area contributed by atoms with E-state index in [0.29, 0.717) is 12.0 Å². The van der Waals surface area contributed by atoms with Crippen molar-refractivity contribution in [1.82, 2.24) is 14.7 Å². The fourth-order valence-electron chi connectivity index (χ4n) is 3.25. The number of piperidine rings is 1. The van der Waals surface area contributed by atoms with Crippen LogP contribution in [0.25, 0.3) is 0 Å². The van der Waals surface area contributed by atoms with Crippen LogP contribution in [0, 0.1) is 5.92 Å². The summed E-state index contributed by atoms with van der Waals surface area (Å²) in [6.07, 6.45) is 7.20. The molecule has 2 fully saturated rings. The highest BCUT2D eigenvalue weighted by Gasteiger charge is 2.40. The second kappa shape index (κ2) is 4.42.